The van der Waals surface area contributed by atoms with Gasteiger partial charge in [0.1, 0.15) is 6.10 Å². The third-order valence-corrected chi connectivity index (χ3v) is 10.6. The maximum absolute atomic E-state index is 11.4. The van der Waals surface area contributed by atoms with Crippen molar-refractivity contribution in [1.29, 1.82) is 0 Å². The highest BCUT2D eigenvalue weighted by Gasteiger charge is 2.68. The first-order chi connectivity index (χ1) is 15.5. The molecule has 5 unspecified atom stereocenters. The summed E-state index contributed by atoms with van der Waals surface area (Å²) < 4.78 is 18.4. The van der Waals surface area contributed by atoms with Crippen LogP contribution in [0.25, 0.3) is 0 Å². The summed E-state index contributed by atoms with van der Waals surface area (Å²) in [7, 11) is 3.28. The largest absolute Gasteiger partial charge is 0.393 e. The topological polar surface area (TPSA) is 88.4 Å². The Balaban J connectivity index is 0.00000142. The van der Waals surface area contributed by atoms with Gasteiger partial charge in [-0.25, -0.2) is 0 Å². The summed E-state index contributed by atoms with van der Waals surface area (Å²) in [6.07, 6.45) is -2.07. The van der Waals surface area contributed by atoms with Gasteiger partial charge in [0.25, 0.3) is 0 Å². The van der Waals surface area contributed by atoms with Crippen LogP contribution in [0.2, 0.25) is 0 Å². The van der Waals surface area contributed by atoms with Gasteiger partial charge in [-0.1, -0.05) is 55.4 Å². The van der Waals surface area contributed by atoms with E-state index in [2.05, 4.69) is 62.3 Å². The Bertz CT molecular complexity index is 701. The van der Waals surface area contributed by atoms with E-state index in [4.69, 9.17) is 14.2 Å². The van der Waals surface area contributed by atoms with E-state index in [1.54, 1.807) is 28.1 Å². The van der Waals surface area contributed by atoms with Crippen LogP contribution in [0.15, 0.2) is 0 Å². The fraction of sp³-hybridized carbons (Fsp3) is 1.00. The second-order valence-electron chi connectivity index (χ2n) is 13.9. The number of aliphatic hydroxyl groups excluding tert-OH is 3. The summed E-state index contributed by atoms with van der Waals surface area (Å²) in [5.74, 6) is 0.557. The second-order valence-corrected chi connectivity index (χ2v) is 13.9. The van der Waals surface area contributed by atoms with E-state index >= 15 is 0 Å². The third kappa shape index (κ3) is 5.22. The first kappa shape index (κ1) is 32.8. The van der Waals surface area contributed by atoms with Crippen molar-refractivity contribution in [1.82, 2.24) is 0 Å². The molecule has 0 radical (unpaired) electrons. The van der Waals surface area contributed by atoms with Gasteiger partial charge >= 0.3 is 0 Å². The zero-order chi connectivity index (χ0) is 28.0. The SMILES string of the molecule is CC(C)C.CO[C@]1(C)CC(C(C)O)[C@@](C)(C[C@]2(C)OC(C)[C@@](C)(OC)C(C)(C)C2(C)C)C(O)C1O. The zero-order valence-corrected chi connectivity index (χ0v) is 25.4. The van der Waals surface area contributed by atoms with Gasteiger partial charge in [-0.05, 0) is 59.3 Å². The number of aliphatic hydroxyl groups is 3. The Morgan fingerprint density at radius 2 is 1.29 bits per heavy atom. The lowest BCUT2D eigenvalue weighted by atomic mass is 9.46. The molecule has 2 aliphatic rings. The van der Waals surface area contributed by atoms with E-state index in [-0.39, 0.29) is 22.9 Å². The molecule has 3 N–H and O–H groups in total. The highest BCUT2D eigenvalue weighted by molar-refractivity contribution is 5.17. The average Bonchev–Trinajstić information content (AvgIpc) is 2.72. The quantitative estimate of drug-likeness (QED) is 0.478. The number of rotatable bonds is 5. The molecule has 210 valence electrons. The van der Waals surface area contributed by atoms with Crippen molar-refractivity contribution < 1.29 is 29.5 Å². The van der Waals surface area contributed by atoms with Crippen LogP contribution >= 0.6 is 0 Å². The van der Waals surface area contributed by atoms with Gasteiger partial charge in [-0.3, -0.25) is 0 Å². The summed E-state index contributed by atoms with van der Waals surface area (Å²) in [5.41, 5.74) is -3.47. The van der Waals surface area contributed by atoms with Gasteiger partial charge in [0.2, 0.25) is 0 Å². The molecule has 35 heavy (non-hydrogen) atoms. The maximum atomic E-state index is 11.4. The molecule has 1 heterocycles. The molecule has 6 heteroatoms. The summed E-state index contributed by atoms with van der Waals surface area (Å²) in [6, 6.07) is 0. The van der Waals surface area contributed by atoms with Crippen molar-refractivity contribution in [3.05, 3.63) is 0 Å². The Morgan fingerprint density at radius 3 is 1.66 bits per heavy atom. The van der Waals surface area contributed by atoms with Crippen molar-refractivity contribution >= 4 is 0 Å². The van der Waals surface area contributed by atoms with Crippen molar-refractivity contribution in [2.24, 2.45) is 28.1 Å². The minimum atomic E-state index is -1.07. The highest BCUT2D eigenvalue weighted by Crippen LogP contribution is 2.64. The average molecular weight is 503 g/mol. The van der Waals surface area contributed by atoms with Gasteiger partial charge in [0, 0.05) is 30.5 Å². The van der Waals surface area contributed by atoms with Crippen LogP contribution in [0.4, 0.5) is 0 Å². The molecule has 2 rings (SSSR count). The van der Waals surface area contributed by atoms with Crippen molar-refractivity contribution in [3.63, 3.8) is 0 Å². The molecule has 0 amide bonds. The fourth-order valence-electron chi connectivity index (χ4n) is 6.72. The van der Waals surface area contributed by atoms with Gasteiger partial charge < -0.3 is 29.5 Å². The van der Waals surface area contributed by atoms with Crippen molar-refractivity contribution in [2.75, 3.05) is 14.2 Å². The molecule has 1 aliphatic carbocycles. The standard InChI is InChI=1S/C25H48O6.C4H10/c1-15(26)17-13-23(8,29-11)19(28)18(27)22(17,7)14-24(9)20(3,4)21(5,6)25(10,30-12)16(2)31-24;1-4(2)3/h15-19,26-28H,13-14H2,1-12H3;4H,1-3H3/t15?,16?,17?,18?,19?,22-,23-,24+,25-;/m1./s1. The lowest BCUT2D eigenvalue weighted by molar-refractivity contribution is -0.338. The van der Waals surface area contributed by atoms with Gasteiger partial charge in [-0.15, -0.1) is 0 Å². The monoisotopic (exact) mass is 502 g/mol. The van der Waals surface area contributed by atoms with E-state index in [0.717, 1.165) is 5.92 Å². The molecular weight excluding hydrogens is 444 g/mol. The minimum absolute atomic E-state index is 0.186. The molecule has 6 nitrogen and oxygen atoms in total. The van der Waals surface area contributed by atoms with Gasteiger partial charge in [0.15, 0.2) is 0 Å². The molecule has 0 aromatic carbocycles. The highest BCUT2D eigenvalue weighted by atomic mass is 16.6. The van der Waals surface area contributed by atoms with E-state index in [0.29, 0.717) is 12.8 Å². The molecule has 1 saturated heterocycles. The van der Waals surface area contributed by atoms with Crippen LogP contribution in [0, 0.1) is 28.1 Å². The molecule has 1 aliphatic heterocycles. The number of hydrogen-bond acceptors (Lipinski definition) is 6. The Hall–Kier alpha value is -0.240. The van der Waals surface area contributed by atoms with Crippen LogP contribution in [0.3, 0.4) is 0 Å². The van der Waals surface area contributed by atoms with Crippen molar-refractivity contribution in [3.8, 4) is 0 Å². The smallest absolute Gasteiger partial charge is 0.109 e. The minimum Gasteiger partial charge on any atom is -0.393 e. The molecule has 1 saturated carbocycles. The predicted molar refractivity (Wildman–Crippen MR) is 142 cm³/mol. The first-order valence-corrected chi connectivity index (χ1v) is 13.4. The molecule has 0 spiro atoms. The lowest BCUT2D eigenvalue weighted by Gasteiger charge is -2.68. The first-order valence-electron chi connectivity index (χ1n) is 13.4. The van der Waals surface area contributed by atoms with Crippen molar-refractivity contribution in [2.45, 2.75) is 144 Å². The normalized spacial score (nSPS) is 46.0. The van der Waals surface area contributed by atoms with E-state index in [9.17, 15) is 15.3 Å². The third-order valence-electron chi connectivity index (χ3n) is 10.6. The number of ether oxygens (including phenoxy) is 3. The number of hydrogen-bond donors (Lipinski definition) is 3. The Morgan fingerprint density at radius 1 is 0.829 bits per heavy atom. The molecular formula is C29H58O6. The van der Waals surface area contributed by atoms with Crippen LogP contribution in [0.1, 0.15) is 103 Å². The van der Waals surface area contributed by atoms with Crippen LogP contribution in [-0.4, -0.2) is 70.8 Å². The van der Waals surface area contributed by atoms with E-state index in [1.807, 2.05) is 13.8 Å². The van der Waals surface area contributed by atoms with E-state index in [1.165, 1.54) is 0 Å². The van der Waals surface area contributed by atoms with Crippen LogP contribution in [-0.2, 0) is 14.2 Å². The maximum Gasteiger partial charge on any atom is 0.109 e. The second kappa shape index (κ2) is 10.5. The molecule has 9 atom stereocenters. The van der Waals surface area contributed by atoms with E-state index < -0.39 is 40.5 Å². The zero-order valence-electron chi connectivity index (χ0n) is 25.4. The Kier molecular flexibility index (Phi) is 9.83. The number of methoxy groups -OCH3 is 2. The molecule has 2 fully saturated rings. The van der Waals surface area contributed by atoms with Gasteiger partial charge in [-0.2, -0.15) is 0 Å². The Labute approximate surface area is 216 Å². The molecule has 0 aromatic heterocycles. The summed E-state index contributed by atoms with van der Waals surface area (Å²) >= 11 is 0. The van der Waals surface area contributed by atoms with Crippen LogP contribution < -0.4 is 0 Å². The summed E-state index contributed by atoms with van der Waals surface area (Å²) in [4.78, 5) is 0. The van der Waals surface area contributed by atoms with Gasteiger partial charge in [0.05, 0.1) is 35.1 Å². The fourth-order valence-corrected chi connectivity index (χ4v) is 6.72. The van der Waals surface area contributed by atoms with Crippen LogP contribution in [0.5, 0.6) is 0 Å². The lowest BCUT2D eigenvalue weighted by Crippen LogP contribution is -2.73. The predicted octanol–water partition coefficient (Wildman–Crippen LogP) is 5.21. The molecule has 0 aromatic rings. The molecule has 0 bridgehead atoms. The summed E-state index contributed by atoms with van der Waals surface area (Å²) in [5, 5.41) is 33.2. The summed E-state index contributed by atoms with van der Waals surface area (Å²) in [6.45, 7) is 27.1.